The molecule has 0 aliphatic heterocycles. The molecule has 0 aliphatic rings. The number of furan rings is 2. The molecule has 0 unspecified atom stereocenters. The van der Waals surface area contributed by atoms with Crippen LogP contribution in [0.5, 0.6) is 5.75 Å². The molecule has 0 saturated carbocycles. The van der Waals surface area contributed by atoms with Crippen LogP contribution in [0.3, 0.4) is 0 Å². The molecule has 5 rings (SSSR count). The number of aliphatic hydroxyl groups is 1. The van der Waals surface area contributed by atoms with Crippen LogP contribution in [-0.2, 0) is 22.4 Å². The third-order valence-electron chi connectivity index (χ3n) is 7.73. The fraction of sp³-hybridized carbons (Fsp3) is 0.311. The summed E-state index contributed by atoms with van der Waals surface area (Å²) in [6, 6.07) is 17.3. The summed E-state index contributed by atoms with van der Waals surface area (Å²) in [4.78, 5) is 11.5. The van der Waals surface area contributed by atoms with Crippen molar-refractivity contribution >= 4 is 51.5 Å². The number of ether oxygens (including phenoxy) is 1. The highest BCUT2D eigenvalue weighted by Crippen LogP contribution is 2.36. The van der Waals surface area contributed by atoms with Crippen molar-refractivity contribution in [2.75, 3.05) is 13.2 Å². The van der Waals surface area contributed by atoms with Crippen LogP contribution >= 0.6 is 0 Å². The second-order valence-corrected chi connectivity index (χ2v) is 11.8. The van der Waals surface area contributed by atoms with Crippen molar-refractivity contribution in [1.82, 2.24) is 0 Å². The molecule has 0 aliphatic carbocycles. The Labute approximate surface area is 304 Å². The van der Waals surface area contributed by atoms with E-state index in [1.54, 1.807) is 25.1 Å². The Morgan fingerprint density at radius 1 is 0.941 bits per heavy atom. The van der Waals surface area contributed by atoms with Gasteiger partial charge in [-0.15, -0.1) is 0 Å². The minimum Gasteiger partial charge on any atom is -0.508 e. The fourth-order valence-electron chi connectivity index (χ4n) is 4.63. The number of phenols is 1. The van der Waals surface area contributed by atoms with Crippen LogP contribution in [0.4, 0.5) is 0 Å². The van der Waals surface area contributed by atoms with Crippen LogP contribution < -0.4 is 10.6 Å². The molecule has 5 aromatic rings. The molecule has 0 fully saturated rings. The number of hydrogen-bond donors (Lipinski definition) is 2. The zero-order valence-electron chi connectivity index (χ0n) is 31.8. The SMILES string of the molecule is C=C/C=C\C.C=CC(=C)CO.C=c1oc2c(CC)cccc2/c1=C\C.CCC(C)C.CCOC(=O)CCc1c(O)ccc2oc3ccccc3c12. The van der Waals surface area contributed by atoms with E-state index in [9.17, 15) is 9.90 Å². The normalized spacial score (nSPS) is 10.7. The Bertz CT molecular complexity index is 1970. The van der Waals surface area contributed by atoms with Crippen molar-refractivity contribution in [3.63, 3.8) is 0 Å². The van der Waals surface area contributed by atoms with Crippen LogP contribution in [0.2, 0.25) is 0 Å². The molecular formula is C45H58O6. The Balaban J connectivity index is 0.000000372. The van der Waals surface area contributed by atoms with Gasteiger partial charge in [-0.3, -0.25) is 4.79 Å². The average molecular weight is 695 g/mol. The molecule has 0 amide bonds. The standard InChI is InChI=1S/C17H16O4.C13H14O.C5H8O.C5H12.C5H8/c1-2-20-16(19)10-7-11-13(18)8-9-15-17(11)12-5-3-4-6-14(12)21-15;1-4-10-7-6-8-12-11(5-2)9(3)14-13(10)12;1-3-5(2)4-6;1-4-5(2)3;1-3-5-4-2/h3-6,8-9,18H,2,7,10H2,1H3;5-8H,3-4H2,1-2H3;3,6H,1-2,4H2;5H,4H2,1-3H3;3-5H,1H2,2H3/b;11-5-;;;5-4-. The zero-order valence-corrected chi connectivity index (χ0v) is 31.8. The second kappa shape index (κ2) is 24.1. The average Bonchev–Trinajstić information content (AvgIpc) is 3.68. The minimum absolute atomic E-state index is 0.0174. The minimum atomic E-state index is -0.262. The maximum atomic E-state index is 11.5. The number of allylic oxidation sites excluding steroid dienone is 3. The zero-order chi connectivity index (χ0) is 38.3. The smallest absolute Gasteiger partial charge is 0.306 e. The molecule has 0 bridgehead atoms. The topological polar surface area (TPSA) is 93.0 Å². The quantitative estimate of drug-likeness (QED) is 0.118. The first-order valence-electron chi connectivity index (χ1n) is 17.6. The summed E-state index contributed by atoms with van der Waals surface area (Å²) in [6.07, 6.45) is 12.1. The lowest BCUT2D eigenvalue weighted by Gasteiger charge is -2.06. The van der Waals surface area contributed by atoms with E-state index >= 15 is 0 Å². The molecule has 6 nitrogen and oxygen atoms in total. The van der Waals surface area contributed by atoms with Gasteiger partial charge >= 0.3 is 5.97 Å². The van der Waals surface area contributed by atoms with E-state index < -0.39 is 0 Å². The number of benzene rings is 3. The van der Waals surface area contributed by atoms with Gasteiger partial charge in [-0.05, 0) is 68.9 Å². The molecule has 51 heavy (non-hydrogen) atoms. The Morgan fingerprint density at radius 3 is 2.12 bits per heavy atom. The van der Waals surface area contributed by atoms with E-state index in [0.29, 0.717) is 24.2 Å². The molecule has 2 aromatic heterocycles. The highest BCUT2D eigenvalue weighted by molar-refractivity contribution is 6.07. The number of fused-ring (bicyclic) bond motifs is 4. The van der Waals surface area contributed by atoms with Gasteiger partial charge in [0.25, 0.3) is 0 Å². The van der Waals surface area contributed by atoms with Gasteiger partial charge in [0.15, 0.2) is 0 Å². The predicted molar refractivity (Wildman–Crippen MR) is 217 cm³/mol. The van der Waals surface area contributed by atoms with Gasteiger partial charge in [-0.25, -0.2) is 0 Å². The monoisotopic (exact) mass is 694 g/mol. The van der Waals surface area contributed by atoms with Crippen LogP contribution in [0.25, 0.3) is 45.6 Å². The number of carbonyl (C=O) groups excluding carboxylic acids is 1. The summed E-state index contributed by atoms with van der Waals surface area (Å²) < 4.78 is 16.4. The van der Waals surface area contributed by atoms with Crippen LogP contribution in [0.15, 0.2) is 113 Å². The summed E-state index contributed by atoms with van der Waals surface area (Å²) in [5.74, 6) is 0.801. The van der Waals surface area contributed by atoms with Crippen molar-refractivity contribution in [3.05, 3.63) is 126 Å². The molecule has 2 heterocycles. The number of phenolic OH excluding ortho intramolecular Hbond substituents is 1. The first-order valence-corrected chi connectivity index (χ1v) is 17.6. The molecule has 6 heteroatoms. The first-order chi connectivity index (χ1) is 24.5. The van der Waals surface area contributed by atoms with Gasteiger partial charge < -0.3 is 23.8 Å². The van der Waals surface area contributed by atoms with E-state index in [0.717, 1.165) is 50.5 Å². The number of para-hydroxylation sites is 2. The molecule has 3 aromatic carbocycles. The number of aromatic hydroxyl groups is 1. The molecule has 0 spiro atoms. The number of hydrogen-bond acceptors (Lipinski definition) is 6. The first kappa shape index (κ1) is 44.0. The van der Waals surface area contributed by atoms with Crippen molar-refractivity contribution in [1.29, 1.82) is 0 Å². The Morgan fingerprint density at radius 2 is 1.61 bits per heavy atom. The Kier molecular flexibility index (Phi) is 20.8. The van der Waals surface area contributed by atoms with Crippen molar-refractivity contribution in [3.8, 4) is 5.75 Å². The highest BCUT2D eigenvalue weighted by Gasteiger charge is 2.15. The molecule has 0 radical (unpaired) electrons. The van der Waals surface area contributed by atoms with E-state index in [4.69, 9.17) is 18.7 Å². The van der Waals surface area contributed by atoms with Gasteiger partial charge in [0, 0.05) is 33.4 Å². The molecule has 2 N–H and O–H groups in total. The van der Waals surface area contributed by atoms with Crippen molar-refractivity contribution < 1.29 is 28.6 Å². The third kappa shape index (κ3) is 14.0. The summed E-state index contributed by atoms with van der Waals surface area (Å²) in [5.41, 5.74) is 5.89. The van der Waals surface area contributed by atoms with Gasteiger partial charge in [0.1, 0.15) is 27.9 Å². The fourth-order valence-corrected chi connectivity index (χ4v) is 4.63. The number of carbonyl (C=O) groups is 1. The van der Waals surface area contributed by atoms with Crippen molar-refractivity contribution in [2.45, 2.75) is 74.1 Å². The molecular weight excluding hydrogens is 636 g/mol. The number of esters is 1. The summed E-state index contributed by atoms with van der Waals surface area (Å²) in [5, 5.41) is 22.4. The number of rotatable bonds is 9. The van der Waals surface area contributed by atoms with Crippen LogP contribution in [0, 0.1) is 5.92 Å². The van der Waals surface area contributed by atoms with Gasteiger partial charge in [0.05, 0.1) is 13.2 Å². The lowest BCUT2D eigenvalue weighted by molar-refractivity contribution is -0.143. The highest BCUT2D eigenvalue weighted by atomic mass is 16.5. The number of aryl methyl sites for hydroxylation is 2. The maximum Gasteiger partial charge on any atom is 0.306 e. The Hall–Kier alpha value is -5.07. The lowest BCUT2D eigenvalue weighted by Crippen LogP contribution is -2.16. The summed E-state index contributed by atoms with van der Waals surface area (Å²) in [6.45, 7) is 29.1. The molecule has 0 saturated heterocycles. The second-order valence-electron chi connectivity index (χ2n) is 11.8. The van der Waals surface area contributed by atoms with Gasteiger partial charge in [0.2, 0.25) is 0 Å². The molecule has 0 atom stereocenters. The lowest BCUT2D eigenvalue weighted by atomic mass is 10.0. The van der Waals surface area contributed by atoms with E-state index in [1.165, 1.54) is 23.4 Å². The number of aliphatic hydroxyl groups excluding tert-OH is 1. The largest absolute Gasteiger partial charge is 0.508 e. The third-order valence-corrected chi connectivity index (χ3v) is 7.73. The van der Waals surface area contributed by atoms with Crippen molar-refractivity contribution in [2.24, 2.45) is 5.92 Å². The predicted octanol–water partition coefficient (Wildman–Crippen LogP) is 10.5. The maximum absolute atomic E-state index is 11.5. The summed E-state index contributed by atoms with van der Waals surface area (Å²) in [7, 11) is 0. The van der Waals surface area contributed by atoms with E-state index in [1.807, 2.05) is 56.3 Å². The van der Waals surface area contributed by atoms with Gasteiger partial charge in [-0.1, -0.05) is 127 Å². The summed E-state index contributed by atoms with van der Waals surface area (Å²) >= 11 is 0. The van der Waals surface area contributed by atoms with E-state index in [2.05, 4.69) is 72.2 Å². The van der Waals surface area contributed by atoms with Crippen LogP contribution in [0.1, 0.15) is 72.4 Å². The molecule has 274 valence electrons. The van der Waals surface area contributed by atoms with Crippen LogP contribution in [-0.4, -0.2) is 29.4 Å². The van der Waals surface area contributed by atoms with E-state index in [-0.39, 0.29) is 24.7 Å². The van der Waals surface area contributed by atoms with Gasteiger partial charge in [-0.2, -0.15) is 0 Å².